The molecule has 0 heterocycles. The van der Waals surface area contributed by atoms with Crippen molar-refractivity contribution in [2.75, 3.05) is 9.80 Å². The molecule has 0 spiro atoms. The van der Waals surface area contributed by atoms with Crippen LogP contribution < -0.4 is 9.80 Å². The van der Waals surface area contributed by atoms with Gasteiger partial charge in [0.05, 0.1) is 0 Å². The standard InChI is InChI=1S/C51H40N2/c1-5-19-40(20-6-1)52(41-21-7-2-8-22-41)44-27-17-18-38(32-35-44)50-46-28-13-15-30-48(46)51(49-31-16-14-29-47(49)50)39-33-36-45(37-34-39)53(42-23-9-3-10-24-42)43-25-11-4-12-26-43/h1-16,19-26,28-37H,17-18,27H2. The summed E-state index contributed by atoms with van der Waals surface area (Å²) in [5, 5.41) is 5.15. The molecular formula is C51H40N2. The molecule has 1 aliphatic rings. The third kappa shape index (κ3) is 6.30. The molecule has 254 valence electrons. The first kappa shape index (κ1) is 32.3. The Labute approximate surface area is 312 Å². The highest BCUT2D eigenvalue weighted by Crippen LogP contribution is 2.45. The number of hydrogen-bond acceptors (Lipinski definition) is 2. The molecule has 0 saturated carbocycles. The lowest BCUT2D eigenvalue weighted by Crippen LogP contribution is -2.16. The van der Waals surface area contributed by atoms with Crippen molar-refractivity contribution in [3.63, 3.8) is 0 Å². The fraction of sp³-hybridized carbons (Fsp3) is 0.0588. The van der Waals surface area contributed by atoms with Gasteiger partial charge < -0.3 is 9.80 Å². The predicted molar refractivity (Wildman–Crippen MR) is 227 cm³/mol. The van der Waals surface area contributed by atoms with E-state index in [1.165, 1.54) is 60.9 Å². The highest BCUT2D eigenvalue weighted by atomic mass is 15.1. The van der Waals surface area contributed by atoms with Gasteiger partial charge in [0.25, 0.3) is 0 Å². The topological polar surface area (TPSA) is 6.48 Å². The first-order valence-corrected chi connectivity index (χ1v) is 18.6. The zero-order chi connectivity index (χ0) is 35.4. The highest BCUT2D eigenvalue weighted by Gasteiger charge is 2.21. The summed E-state index contributed by atoms with van der Waals surface area (Å²) in [5.41, 5.74) is 12.3. The number of hydrogen-bond donors (Lipinski definition) is 0. The van der Waals surface area contributed by atoms with Gasteiger partial charge >= 0.3 is 0 Å². The van der Waals surface area contributed by atoms with Crippen LogP contribution in [0.5, 0.6) is 0 Å². The van der Waals surface area contributed by atoms with Gasteiger partial charge in [-0.2, -0.15) is 0 Å². The summed E-state index contributed by atoms with van der Waals surface area (Å²) >= 11 is 0. The van der Waals surface area contributed by atoms with E-state index in [1.54, 1.807) is 0 Å². The summed E-state index contributed by atoms with van der Waals surface area (Å²) < 4.78 is 0. The normalized spacial score (nSPS) is 12.9. The van der Waals surface area contributed by atoms with E-state index >= 15 is 0 Å². The molecule has 9 rings (SSSR count). The lowest BCUT2D eigenvalue weighted by molar-refractivity contribution is 0.831. The van der Waals surface area contributed by atoms with Crippen LogP contribution in [0, 0.1) is 0 Å². The Morgan fingerprint density at radius 2 is 0.679 bits per heavy atom. The minimum Gasteiger partial charge on any atom is -0.314 e. The average Bonchev–Trinajstić information content (AvgIpc) is 3.48. The summed E-state index contributed by atoms with van der Waals surface area (Å²) in [6, 6.07) is 69.8. The van der Waals surface area contributed by atoms with Crippen LogP contribution >= 0.6 is 0 Å². The Balaban J connectivity index is 1.16. The van der Waals surface area contributed by atoms with Crippen molar-refractivity contribution in [3.05, 3.63) is 218 Å². The van der Waals surface area contributed by atoms with Crippen LogP contribution in [-0.4, -0.2) is 0 Å². The molecule has 8 aromatic carbocycles. The third-order valence-corrected chi connectivity index (χ3v) is 10.4. The molecule has 53 heavy (non-hydrogen) atoms. The molecule has 0 saturated heterocycles. The predicted octanol–water partition coefficient (Wildman–Crippen LogP) is 14.4. The van der Waals surface area contributed by atoms with Crippen molar-refractivity contribution in [1.82, 2.24) is 0 Å². The number of nitrogens with zero attached hydrogens (tertiary/aromatic N) is 2. The van der Waals surface area contributed by atoms with Gasteiger partial charge in [0, 0.05) is 34.1 Å². The van der Waals surface area contributed by atoms with Gasteiger partial charge in [-0.3, -0.25) is 0 Å². The number of anilines is 5. The maximum atomic E-state index is 2.42. The molecule has 0 atom stereocenters. The summed E-state index contributed by atoms with van der Waals surface area (Å²) in [7, 11) is 0. The zero-order valence-corrected chi connectivity index (χ0v) is 29.6. The van der Waals surface area contributed by atoms with Crippen LogP contribution in [0.4, 0.5) is 28.4 Å². The third-order valence-electron chi connectivity index (χ3n) is 10.4. The van der Waals surface area contributed by atoms with E-state index in [9.17, 15) is 0 Å². The summed E-state index contributed by atoms with van der Waals surface area (Å²) in [6.45, 7) is 0. The molecule has 0 bridgehead atoms. The number of allylic oxidation sites excluding steroid dienone is 4. The largest absolute Gasteiger partial charge is 0.314 e. The SMILES string of the molecule is C1=C(c2c3ccccc3c(-c3ccc(N(c4ccccc4)c4ccccc4)cc3)c3ccccc23)CCCC(N(c2ccccc2)c2ccccc2)=C1. The minimum absolute atomic E-state index is 0.993. The lowest BCUT2D eigenvalue weighted by atomic mass is 9.85. The second kappa shape index (κ2) is 14.5. The van der Waals surface area contributed by atoms with E-state index in [2.05, 4.69) is 216 Å². The highest BCUT2D eigenvalue weighted by molar-refractivity contribution is 6.18. The number of para-hydroxylation sites is 4. The van der Waals surface area contributed by atoms with Crippen LogP contribution in [0.2, 0.25) is 0 Å². The lowest BCUT2D eigenvalue weighted by Gasteiger charge is -2.27. The molecule has 0 radical (unpaired) electrons. The number of fused-ring (bicyclic) bond motifs is 2. The maximum Gasteiger partial charge on any atom is 0.0462 e. The molecular weight excluding hydrogens is 641 g/mol. The quantitative estimate of drug-likeness (QED) is 0.147. The van der Waals surface area contributed by atoms with Gasteiger partial charge in [-0.15, -0.1) is 0 Å². The van der Waals surface area contributed by atoms with Crippen molar-refractivity contribution < 1.29 is 0 Å². The van der Waals surface area contributed by atoms with Gasteiger partial charge in [0.15, 0.2) is 0 Å². The van der Waals surface area contributed by atoms with E-state index < -0.39 is 0 Å². The van der Waals surface area contributed by atoms with E-state index in [-0.39, 0.29) is 0 Å². The molecule has 2 nitrogen and oxygen atoms in total. The average molecular weight is 681 g/mol. The Kier molecular flexibility index (Phi) is 8.85. The number of benzene rings is 8. The van der Waals surface area contributed by atoms with Crippen LogP contribution in [0.3, 0.4) is 0 Å². The van der Waals surface area contributed by atoms with Crippen molar-refractivity contribution in [2.45, 2.75) is 19.3 Å². The Bertz CT molecular complexity index is 2420. The van der Waals surface area contributed by atoms with Crippen LogP contribution in [0.1, 0.15) is 24.8 Å². The van der Waals surface area contributed by atoms with Gasteiger partial charge in [-0.1, -0.05) is 140 Å². The van der Waals surface area contributed by atoms with Crippen LogP contribution in [-0.2, 0) is 0 Å². The van der Waals surface area contributed by atoms with Crippen LogP contribution in [0.15, 0.2) is 212 Å². The molecule has 8 aromatic rings. The molecule has 0 N–H and O–H groups in total. The molecule has 1 aliphatic carbocycles. The van der Waals surface area contributed by atoms with Crippen molar-refractivity contribution in [2.24, 2.45) is 0 Å². The first-order chi connectivity index (χ1) is 26.3. The second-order valence-corrected chi connectivity index (χ2v) is 13.6. The second-order valence-electron chi connectivity index (χ2n) is 13.6. The Morgan fingerprint density at radius 1 is 0.302 bits per heavy atom. The fourth-order valence-corrected chi connectivity index (χ4v) is 8.02. The molecule has 2 heteroatoms. The summed E-state index contributed by atoms with van der Waals surface area (Å²) in [4.78, 5) is 4.74. The molecule has 0 fully saturated rings. The van der Waals surface area contributed by atoms with E-state index in [4.69, 9.17) is 0 Å². The van der Waals surface area contributed by atoms with Gasteiger partial charge in [0.1, 0.15) is 0 Å². The Hall–Kier alpha value is -6.64. The monoisotopic (exact) mass is 680 g/mol. The molecule has 0 amide bonds. The van der Waals surface area contributed by atoms with Gasteiger partial charge in [-0.25, -0.2) is 0 Å². The summed E-state index contributed by atoms with van der Waals surface area (Å²) in [5.74, 6) is 0. The van der Waals surface area contributed by atoms with E-state index in [1.807, 2.05) is 0 Å². The summed E-state index contributed by atoms with van der Waals surface area (Å²) in [6.07, 6.45) is 7.83. The van der Waals surface area contributed by atoms with Crippen LogP contribution in [0.25, 0.3) is 38.2 Å². The van der Waals surface area contributed by atoms with E-state index in [0.717, 1.165) is 36.3 Å². The van der Waals surface area contributed by atoms with Crippen molar-refractivity contribution in [1.29, 1.82) is 0 Å². The fourth-order valence-electron chi connectivity index (χ4n) is 8.02. The van der Waals surface area contributed by atoms with Gasteiger partial charge in [0.2, 0.25) is 0 Å². The molecule has 0 aliphatic heterocycles. The zero-order valence-electron chi connectivity index (χ0n) is 29.6. The number of rotatable bonds is 8. The molecule has 0 unspecified atom stereocenters. The van der Waals surface area contributed by atoms with Crippen molar-refractivity contribution >= 4 is 55.6 Å². The maximum absolute atomic E-state index is 2.42. The van der Waals surface area contributed by atoms with Gasteiger partial charge in [-0.05, 0) is 130 Å². The minimum atomic E-state index is 0.993. The van der Waals surface area contributed by atoms with Crippen molar-refractivity contribution in [3.8, 4) is 11.1 Å². The Morgan fingerprint density at radius 3 is 1.13 bits per heavy atom. The smallest absolute Gasteiger partial charge is 0.0462 e. The first-order valence-electron chi connectivity index (χ1n) is 18.6. The molecule has 0 aromatic heterocycles. The van der Waals surface area contributed by atoms with E-state index in [0.29, 0.717) is 0 Å².